The van der Waals surface area contributed by atoms with Crippen molar-refractivity contribution in [2.24, 2.45) is 17.6 Å². The van der Waals surface area contributed by atoms with Crippen molar-refractivity contribution in [3.63, 3.8) is 0 Å². The van der Waals surface area contributed by atoms with Crippen molar-refractivity contribution < 1.29 is 14.5 Å². The monoisotopic (exact) mass is 355 g/mol. The van der Waals surface area contributed by atoms with Gasteiger partial charge in [-0.3, -0.25) is 14.9 Å². The molecule has 1 aromatic rings. The topological polar surface area (TPSA) is 98.7 Å². The summed E-state index contributed by atoms with van der Waals surface area (Å²) in [5, 5.41) is 11.2. The maximum Gasteiger partial charge on any atom is 0.311 e. The largest absolute Gasteiger partial charge is 0.487 e. The molecule has 1 aliphatic heterocycles. The van der Waals surface area contributed by atoms with Crippen LogP contribution < -0.4 is 10.5 Å². The number of fused-ring (bicyclic) bond motifs is 1. The zero-order valence-electron chi connectivity index (χ0n) is 13.5. The van der Waals surface area contributed by atoms with Crippen molar-refractivity contribution in [3.05, 3.63) is 33.9 Å². The van der Waals surface area contributed by atoms with Crippen molar-refractivity contribution in [1.82, 2.24) is 4.90 Å². The number of hydrogen-bond donors (Lipinski definition) is 1. The Morgan fingerprint density at radius 1 is 1.42 bits per heavy atom. The van der Waals surface area contributed by atoms with Crippen LogP contribution in [0.5, 0.6) is 5.75 Å². The number of hydrogen-bond acceptors (Lipinski definition) is 5. The average Bonchev–Trinajstić information content (AvgIpc) is 3.09. The van der Waals surface area contributed by atoms with Crippen LogP contribution in [-0.2, 0) is 0 Å². The normalized spacial score (nSPS) is 25.1. The summed E-state index contributed by atoms with van der Waals surface area (Å²) < 4.78 is 5.25. The van der Waals surface area contributed by atoms with E-state index in [4.69, 9.17) is 10.5 Å². The lowest BCUT2D eigenvalue weighted by molar-refractivity contribution is -0.385. The number of rotatable bonds is 4. The lowest BCUT2D eigenvalue weighted by atomic mass is 9.98. The minimum atomic E-state index is -0.517. The number of carbonyl (C=O) groups excluding carboxylic acids is 1. The first-order chi connectivity index (χ1) is 11.0. The summed E-state index contributed by atoms with van der Waals surface area (Å²) in [5.74, 6) is 0.843. The number of amides is 1. The van der Waals surface area contributed by atoms with Crippen molar-refractivity contribution in [2.45, 2.75) is 25.8 Å². The lowest BCUT2D eigenvalue weighted by Gasteiger charge is -2.19. The van der Waals surface area contributed by atoms with Crippen molar-refractivity contribution in [3.8, 4) is 5.75 Å². The van der Waals surface area contributed by atoms with Crippen LogP contribution in [0, 0.1) is 22.0 Å². The van der Waals surface area contributed by atoms with Crippen LogP contribution in [0.2, 0.25) is 0 Å². The SMILES string of the molecule is CCOc1ccc(C(=O)N2CC3CCC(N)C3C2)cc1[N+](=O)[O-].Cl. The first-order valence-electron chi connectivity index (χ1n) is 7.97. The number of nitro benzene ring substituents is 1. The van der Waals surface area contributed by atoms with E-state index in [1.165, 1.54) is 12.1 Å². The van der Waals surface area contributed by atoms with Gasteiger partial charge in [-0.1, -0.05) is 0 Å². The minimum Gasteiger partial charge on any atom is -0.487 e. The molecule has 2 aliphatic rings. The molecule has 0 aromatic heterocycles. The highest BCUT2D eigenvalue weighted by atomic mass is 35.5. The number of likely N-dealkylation sites (tertiary alicyclic amines) is 1. The van der Waals surface area contributed by atoms with Gasteiger partial charge in [0.15, 0.2) is 5.75 Å². The molecule has 1 saturated carbocycles. The summed E-state index contributed by atoms with van der Waals surface area (Å²) in [6.45, 7) is 3.43. The molecule has 0 spiro atoms. The summed E-state index contributed by atoms with van der Waals surface area (Å²) >= 11 is 0. The highest BCUT2D eigenvalue weighted by molar-refractivity contribution is 5.95. The van der Waals surface area contributed by atoms with E-state index in [-0.39, 0.29) is 35.8 Å². The molecule has 1 saturated heterocycles. The minimum absolute atomic E-state index is 0. The van der Waals surface area contributed by atoms with Gasteiger partial charge < -0.3 is 15.4 Å². The van der Waals surface area contributed by atoms with Crippen molar-refractivity contribution >= 4 is 24.0 Å². The van der Waals surface area contributed by atoms with E-state index in [0.29, 0.717) is 37.1 Å². The Morgan fingerprint density at radius 2 is 2.17 bits per heavy atom. The second-order valence-electron chi connectivity index (χ2n) is 6.25. The predicted molar refractivity (Wildman–Crippen MR) is 91.6 cm³/mol. The fourth-order valence-corrected chi connectivity index (χ4v) is 3.73. The van der Waals surface area contributed by atoms with E-state index in [1.54, 1.807) is 17.9 Å². The van der Waals surface area contributed by atoms with Gasteiger partial charge in [0, 0.05) is 30.8 Å². The number of nitrogens with two attached hydrogens (primary N) is 1. The fourth-order valence-electron chi connectivity index (χ4n) is 3.73. The van der Waals surface area contributed by atoms with Gasteiger partial charge in [-0.05, 0) is 43.7 Å². The first kappa shape index (κ1) is 18.5. The summed E-state index contributed by atoms with van der Waals surface area (Å²) in [5.41, 5.74) is 6.25. The number of benzene rings is 1. The third-order valence-electron chi connectivity index (χ3n) is 4.90. The Bertz CT molecular complexity index is 640. The molecule has 8 heteroatoms. The van der Waals surface area contributed by atoms with Gasteiger partial charge in [0.25, 0.3) is 5.91 Å². The van der Waals surface area contributed by atoms with E-state index in [9.17, 15) is 14.9 Å². The Balaban J connectivity index is 0.00000208. The molecule has 1 aliphatic carbocycles. The predicted octanol–water partition coefficient (Wildman–Crippen LogP) is 2.22. The average molecular weight is 356 g/mol. The zero-order valence-corrected chi connectivity index (χ0v) is 14.3. The van der Waals surface area contributed by atoms with Crippen LogP contribution in [0.4, 0.5) is 5.69 Å². The quantitative estimate of drug-likeness (QED) is 0.659. The number of ether oxygens (including phenoxy) is 1. The second-order valence-corrected chi connectivity index (χ2v) is 6.25. The number of carbonyl (C=O) groups is 1. The maximum atomic E-state index is 12.7. The number of nitro groups is 1. The van der Waals surface area contributed by atoms with Crippen LogP contribution in [0.1, 0.15) is 30.1 Å². The van der Waals surface area contributed by atoms with Crippen LogP contribution in [-0.4, -0.2) is 41.5 Å². The second kappa shape index (κ2) is 7.36. The molecule has 3 unspecified atom stereocenters. The van der Waals surface area contributed by atoms with Gasteiger partial charge >= 0.3 is 5.69 Å². The van der Waals surface area contributed by atoms with Crippen LogP contribution >= 0.6 is 12.4 Å². The van der Waals surface area contributed by atoms with E-state index < -0.39 is 4.92 Å². The van der Waals surface area contributed by atoms with Crippen LogP contribution in [0.25, 0.3) is 0 Å². The fraction of sp³-hybridized carbons (Fsp3) is 0.562. The third kappa shape index (κ3) is 3.32. The molecule has 3 atom stereocenters. The first-order valence-corrected chi connectivity index (χ1v) is 7.97. The molecule has 2 fully saturated rings. The molecule has 0 radical (unpaired) electrons. The number of nitrogens with zero attached hydrogens (tertiary/aromatic N) is 2. The highest BCUT2D eigenvalue weighted by Crippen LogP contribution is 2.38. The van der Waals surface area contributed by atoms with Crippen LogP contribution in [0.15, 0.2) is 18.2 Å². The van der Waals surface area contributed by atoms with Gasteiger partial charge in [-0.15, -0.1) is 12.4 Å². The van der Waals surface area contributed by atoms with Crippen molar-refractivity contribution in [2.75, 3.05) is 19.7 Å². The van der Waals surface area contributed by atoms with Crippen LogP contribution in [0.3, 0.4) is 0 Å². The number of halogens is 1. The van der Waals surface area contributed by atoms with Crippen molar-refractivity contribution in [1.29, 1.82) is 0 Å². The maximum absolute atomic E-state index is 12.7. The van der Waals surface area contributed by atoms with Gasteiger partial charge in [0.05, 0.1) is 11.5 Å². The molecule has 1 aromatic carbocycles. The Morgan fingerprint density at radius 3 is 2.79 bits per heavy atom. The molecule has 1 heterocycles. The lowest BCUT2D eigenvalue weighted by Crippen LogP contribution is -2.33. The van der Waals surface area contributed by atoms with Gasteiger partial charge in [0.1, 0.15) is 0 Å². The Hall–Kier alpha value is -1.86. The van der Waals surface area contributed by atoms with E-state index in [2.05, 4.69) is 0 Å². The highest BCUT2D eigenvalue weighted by Gasteiger charge is 2.42. The third-order valence-corrected chi connectivity index (χ3v) is 4.90. The summed E-state index contributed by atoms with van der Waals surface area (Å²) in [7, 11) is 0. The molecular formula is C16H22ClN3O4. The molecule has 1 amide bonds. The van der Waals surface area contributed by atoms with Gasteiger partial charge in [-0.25, -0.2) is 0 Å². The molecule has 24 heavy (non-hydrogen) atoms. The zero-order chi connectivity index (χ0) is 16.6. The summed E-state index contributed by atoms with van der Waals surface area (Å²) in [4.78, 5) is 25.1. The van der Waals surface area contributed by atoms with E-state index >= 15 is 0 Å². The van der Waals surface area contributed by atoms with E-state index in [1.807, 2.05) is 0 Å². The standard InChI is InChI=1S/C16H21N3O4.ClH/c1-2-23-15-6-4-10(7-14(15)19(21)22)16(20)18-8-11-3-5-13(17)12(11)9-18;/h4,6-7,11-13H,2-3,5,8-9,17H2,1H3;1H. The Labute approximate surface area is 146 Å². The van der Waals surface area contributed by atoms with E-state index in [0.717, 1.165) is 12.8 Å². The summed E-state index contributed by atoms with van der Waals surface area (Å²) in [6.07, 6.45) is 2.07. The van der Waals surface area contributed by atoms with Gasteiger partial charge in [0.2, 0.25) is 0 Å². The smallest absolute Gasteiger partial charge is 0.311 e. The Kier molecular flexibility index (Phi) is 5.66. The molecule has 2 N–H and O–H groups in total. The summed E-state index contributed by atoms with van der Waals surface area (Å²) in [6, 6.07) is 4.56. The molecular weight excluding hydrogens is 334 g/mol. The molecule has 0 bridgehead atoms. The molecule has 3 rings (SSSR count). The molecule has 7 nitrogen and oxygen atoms in total. The van der Waals surface area contributed by atoms with Gasteiger partial charge in [-0.2, -0.15) is 0 Å². The molecule has 132 valence electrons.